The third kappa shape index (κ3) is 3.42. The maximum Gasteiger partial charge on any atom is 0.410 e. The number of hydrogen-bond donors (Lipinski definition) is 1. The van der Waals surface area contributed by atoms with Gasteiger partial charge in [0.15, 0.2) is 0 Å². The zero-order valence-electron chi connectivity index (χ0n) is 14.7. The van der Waals surface area contributed by atoms with Crippen molar-refractivity contribution in [2.45, 2.75) is 12.0 Å². The van der Waals surface area contributed by atoms with Gasteiger partial charge in [-0.3, -0.25) is 4.90 Å². The van der Waals surface area contributed by atoms with E-state index in [4.69, 9.17) is 4.74 Å². The molecule has 0 aromatic heterocycles. The summed E-state index contributed by atoms with van der Waals surface area (Å²) >= 11 is 1.38. The standard InChI is InChI=1S/C20H21NO4S/c1-21(18(12-26-2)19(22)23)20(24)25-11-17-15-9-5-3-7-13(15)14-8-4-6-10-16(14)17/h3-10,17-18H,11-12H2,1-2H3,(H,22,23)/t18-/m0/s1. The maximum atomic E-state index is 12.4. The molecule has 1 aliphatic carbocycles. The van der Waals surface area contributed by atoms with Gasteiger partial charge >= 0.3 is 12.1 Å². The number of carbonyl (C=O) groups excluding carboxylic acids is 1. The van der Waals surface area contributed by atoms with Gasteiger partial charge in [-0.15, -0.1) is 0 Å². The Morgan fingerprint density at radius 3 is 2.15 bits per heavy atom. The van der Waals surface area contributed by atoms with Gasteiger partial charge in [0.2, 0.25) is 0 Å². The third-order valence-corrected chi connectivity index (χ3v) is 5.35. The second kappa shape index (κ2) is 7.83. The van der Waals surface area contributed by atoms with Crippen LogP contribution in [0.15, 0.2) is 48.5 Å². The molecule has 1 N–H and O–H groups in total. The molecule has 0 fully saturated rings. The SMILES string of the molecule is CSC[C@@H](C(=O)O)N(C)C(=O)OCC1c2ccccc2-c2ccccc21. The fraction of sp³-hybridized carbons (Fsp3) is 0.300. The highest BCUT2D eigenvalue weighted by Crippen LogP contribution is 2.44. The van der Waals surface area contributed by atoms with E-state index in [9.17, 15) is 14.7 Å². The van der Waals surface area contributed by atoms with E-state index in [1.165, 1.54) is 18.8 Å². The molecule has 0 saturated carbocycles. The minimum atomic E-state index is -1.03. The van der Waals surface area contributed by atoms with E-state index >= 15 is 0 Å². The van der Waals surface area contributed by atoms with Crippen molar-refractivity contribution in [1.29, 1.82) is 0 Å². The summed E-state index contributed by atoms with van der Waals surface area (Å²) in [5, 5.41) is 9.30. The number of benzene rings is 2. The van der Waals surface area contributed by atoms with Gasteiger partial charge in [-0.2, -0.15) is 11.8 Å². The summed E-state index contributed by atoms with van der Waals surface area (Å²) in [5.74, 6) is -0.755. The van der Waals surface area contributed by atoms with E-state index in [1.807, 2.05) is 42.7 Å². The first-order chi connectivity index (χ1) is 12.5. The van der Waals surface area contributed by atoms with E-state index in [-0.39, 0.29) is 12.5 Å². The van der Waals surface area contributed by atoms with Gasteiger partial charge in [0, 0.05) is 18.7 Å². The number of fused-ring (bicyclic) bond motifs is 3. The second-order valence-corrected chi connectivity index (χ2v) is 7.13. The monoisotopic (exact) mass is 371 g/mol. The number of amides is 1. The van der Waals surface area contributed by atoms with E-state index in [2.05, 4.69) is 12.1 Å². The fourth-order valence-corrected chi connectivity index (χ4v) is 4.01. The Labute approximate surface area is 157 Å². The van der Waals surface area contributed by atoms with Gasteiger partial charge in [0.05, 0.1) is 0 Å². The minimum absolute atomic E-state index is 0.0384. The molecule has 0 heterocycles. The van der Waals surface area contributed by atoms with Crippen LogP contribution >= 0.6 is 11.8 Å². The summed E-state index contributed by atoms with van der Waals surface area (Å²) < 4.78 is 5.49. The molecule has 0 unspecified atom stereocenters. The molecule has 0 radical (unpaired) electrons. The highest BCUT2D eigenvalue weighted by Gasteiger charge is 2.31. The molecule has 26 heavy (non-hydrogen) atoms. The Kier molecular flexibility index (Phi) is 5.52. The molecule has 2 aromatic carbocycles. The predicted molar refractivity (Wildman–Crippen MR) is 103 cm³/mol. The van der Waals surface area contributed by atoms with Crippen LogP contribution in [-0.4, -0.2) is 53.8 Å². The number of carbonyl (C=O) groups is 2. The number of carboxylic acids is 1. The number of nitrogens with zero attached hydrogens (tertiary/aromatic N) is 1. The number of rotatable bonds is 6. The third-order valence-electron chi connectivity index (χ3n) is 4.70. The molecule has 0 spiro atoms. The molecule has 5 nitrogen and oxygen atoms in total. The van der Waals surface area contributed by atoms with Crippen LogP contribution in [0.3, 0.4) is 0 Å². The smallest absolute Gasteiger partial charge is 0.410 e. The molecule has 2 aromatic rings. The van der Waals surface area contributed by atoms with Crippen molar-refractivity contribution in [1.82, 2.24) is 4.90 Å². The van der Waals surface area contributed by atoms with E-state index in [1.54, 1.807) is 0 Å². The second-order valence-electron chi connectivity index (χ2n) is 6.22. The highest BCUT2D eigenvalue weighted by molar-refractivity contribution is 7.98. The summed E-state index contributed by atoms with van der Waals surface area (Å²) in [4.78, 5) is 24.9. The quantitative estimate of drug-likeness (QED) is 0.839. The maximum absolute atomic E-state index is 12.4. The van der Waals surface area contributed by atoms with Gasteiger partial charge in [-0.05, 0) is 28.5 Å². The van der Waals surface area contributed by atoms with Gasteiger partial charge < -0.3 is 9.84 Å². The van der Waals surface area contributed by atoms with Gasteiger partial charge in [0.1, 0.15) is 12.6 Å². The van der Waals surface area contributed by atoms with Crippen LogP contribution in [-0.2, 0) is 9.53 Å². The summed E-state index contributed by atoms with van der Waals surface area (Å²) in [5.41, 5.74) is 4.57. The topological polar surface area (TPSA) is 66.8 Å². The van der Waals surface area contributed by atoms with Crippen LogP contribution in [0.25, 0.3) is 11.1 Å². The van der Waals surface area contributed by atoms with E-state index in [0.717, 1.165) is 27.2 Å². The lowest BCUT2D eigenvalue weighted by atomic mass is 9.98. The van der Waals surface area contributed by atoms with Crippen molar-refractivity contribution in [2.75, 3.05) is 25.7 Å². The molecule has 0 saturated heterocycles. The molecule has 0 bridgehead atoms. The van der Waals surface area contributed by atoms with Crippen LogP contribution < -0.4 is 0 Å². The van der Waals surface area contributed by atoms with Gasteiger partial charge in [-0.25, -0.2) is 9.59 Å². The molecule has 136 valence electrons. The summed E-state index contributed by atoms with van der Waals surface area (Å²) in [7, 11) is 1.47. The molecule has 1 amide bonds. The van der Waals surface area contributed by atoms with Crippen molar-refractivity contribution in [3.8, 4) is 11.1 Å². The van der Waals surface area contributed by atoms with E-state index < -0.39 is 18.1 Å². The number of carboxylic acid groups (broad SMARTS) is 1. The van der Waals surface area contributed by atoms with Gasteiger partial charge in [-0.1, -0.05) is 48.5 Å². The normalized spacial score (nSPS) is 13.6. The summed E-state index contributed by atoms with van der Waals surface area (Å²) in [6.07, 6.45) is 1.19. The molecule has 0 aliphatic heterocycles. The van der Waals surface area contributed by atoms with Crippen molar-refractivity contribution < 1.29 is 19.4 Å². The summed E-state index contributed by atoms with van der Waals surface area (Å²) in [6, 6.07) is 15.3. The predicted octanol–water partition coefficient (Wildman–Crippen LogP) is 3.68. The van der Waals surface area contributed by atoms with Crippen LogP contribution in [0.1, 0.15) is 17.0 Å². The molecule has 3 rings (SSSR count). The van der Waals surface area contributed by atoms with Crippen LogP contribution in [0.2, 0.25) is 0 Å². The fourth-order valence-electron chi connectivity index (χ4n) is 3.33. The first-order valence-corrected chi connectivity index (χ1v) is 9.73. The Bertz CT molecular complexity index is 777. The number of ether oxygens (including phenoxy) is 1. The van der Waals surface area contributed by atoms with Crippen molar-refractivity contribution in [3.05, 3.63) is 59.7 Å². The van der Waals surface area contributed by atoms with Crippen LogP contribution in [0, 0.1) is 0 Å². The average molecular weight is 371 g/mol. The highest BCUT2D eigenvalue weighted by atomic mass is 32.2. The number of aliphatic carboxylic acids is 1. The first kappa shape index (κ1) is 18.3. The molecule has 1 atom stereocenters. The largest absolute Gasteiger partial charge is 0.480 e. The summed E-state index contributed by atoms with van der Waals surface area (Å²) in [6.45, 7) is 0.183. The zero-order valence-corrected chi connectivity index (χ0v) is 15.5. The van der Waals surface area contributed by atoms with Crippen molar-refractivity contribution >= 4 is 23.8 Å². The number of hydrogen-bond acceptors (Lipinski definition) is 4. The van der Waals surface area contributed by atoms with Crippen LogP contribution in [0.4, 0.5) is 4.79 Å². The van der Waals surface area contributed by atoms with E-state index in [0.29, 0.717) is 5.75 Å². The lowest BCUT2D eigenvalue weighted by Gasteiger charge is -2.24. The van der Waals surface area contributed by atoms with Crippen LogP contribution in [0.5, 0.6) is 0 Å². The van der Waals surface area contributed by atoms with Crippen molar-refractivity contribution in [3.63, 3.8) is 0 Å². The Morgan fingerprint density at radius 2 is 1.65 bits per heavy atom. The molecular weight excluding hydrogens is 350 g/mol. The zero-order chi connectivity index (χ0) is 18.7. The Morgan fingerprint density at radius 1 is 1.12 bits per heavy atom. The average Bonchev–Trinajstić information content (AvgIpc) is 2.97. The van der Waals surface area contributed by atoms with Gasteiger partial charge in [0.25, 0.3) is 0 Å². The molecule has 1 aliphatic rings. The number of thioether (sulfide) groups is 1. The number of likely N-dealkylation sites (N-methyl/N-ethyl adjacent to an activating group) is 1. The first-order valence-electron chi connectivity index (χ1n) is 8.34. The molecular formula is C20H21NO4S. The Balaban J connectivity index is 1.75. The minimum Gasteiger partial charge on any atom is -0.480 e. The van der Waals surface area contributed by atoms with Crippen molar-refractivity contribution in [2.24, 2.45) is 0 Å². The Hall–Kier alpha value is -2.47. The molecule has 6 heteroatoms. The lowest BCUT2D eigenvalue weighted by Crippen LogP contribution is -2.44. The lowest BCUT2D eigenvalue weighted by molar-refractivity contribution is -0.141.